The molecule has 0 aromatic heterocycles. The lowest BCUT2D eigenvalue weighted by molar-refractivity contribution is -0.126. The molecule has 2 atom stereocenters. The molecule has 1 saturated heterocycles. The molecule has 4 heteroatoms. The number of nitrogens with one attached hydrogen (secondary N) is 2. The highest BCUT2D eigenvalue weighted by Crippen LogP contribution is 2.04. The van der Waals surface area contributed by atoms with Crippen molar-refractivity contribution in [2.45, 2.75) is 39.8 Å². The molecule has 1 unspecified atom stereocenters. The molecule has 0 bridgehead atoms. The molecule has 94 valence electrons. The number of hydrogen-bond acceptors (Lipinski definition) is 3. The minimum Gasteiger partial charge on any atom is -0.354 e. The number of hydrogen-bond donors (Lipinski definition) is 2. The Hall–Kier alpha value is -0.610. The summed E-state index contributed by atoms with van der Waals surface area (Å²) in [5, 5.41) is 6.38. The molecule has 0 saturated carbocycles. The minimum atomic E-state index is -0.0108. The van der Waals surface area contributed by atoms with Gasteiger partial charge in [-0.15, -0.1) is 0 Å². The second-order valence-electron chi connectivity index (χ2n) is 5.17. The molecule has 1 rings (SSSR count). The number of piperazine rings is 1. The van der Waals surface area contributed by atoms with Crippen LogP contribution < -0.4 is 10.6 Å². The van der Waals surface area contributed by atoms with Gasteiger partial charge in [-0.1, -0.05) is 13.8 Å². The van der Waals surface area contributed by atoms with Gasteiger partial charge in [0.05, 0.1) is 6.04 Å². The molecule has 0 spiro atoms. The molecule has 0 aliphatic carbocycles. The summed E-state index contributed by atoms with van der Waals surface area (Å²) >= 11 is 0. The molecule has 4 nitrogen and oxygen atoms in total. The van der Waals surface area contributed by atoms with E-state index in [0.717, 1.165) is 26.2 Å². The zero-order chi connectivity index (χ0) is 12.1. The zero-order valence-corrected chi connectivity index (χ0v) is 10.9. The number of carbonyl (C=O) groups excluding carboxylic acids is 1. The standard InChI is InChI=1S/C12H25N3O/c1-9(2)7-14-12(16)11(4)15-6-5-13-10(3)8-15/h9-11,13H,5-8H2,1-4H3,(H,14,16)/t10-,11?/m0/s1. The Kier molecular flexibility index (Phi) is 5.22. The lowest BCUT2D eigenvalue weighted by atomic mass is 10.1. The van der Waals surface area contributed by atoms with Crippen LogP contribution >= 0.6 is 0 Å². The predicted octanol–water partition coefficient (Wildman–Crippen LogP) is 0.441. The maximum Gasteiger partial charge on any atom is 0.237 e. The number of carbonyl (C=O) groups is 1. The van der Waals surface area contributed by atoms with Crippen molar-refractivity contribution in [1.82, 2.24) is 15.5 Å². The Balaban J connectivity index is 2.37. The van der Waals surface area contributed by atoms with Gasteiger partial charge in [0.1, 0.15) is 0 Å². The van der Waals surface area contributed by atoms with Crippen LogP contribution in [0.4, 0.5) is 0 Å². The fourth-order valence-electron chi connectivity index (χ4n) is 1.93. The Bertz CT molecular complexity index is 230. The van der Waals surface area contributed by atoms with Crippen molar-refractivity contribution in [3.05, 3.63) is 0 Å². The normalized spacial score (nSPS) is 24.4. The number of nitrogens with zero attached hydrogens (tertiary/aromatic N) is 1. The van der Waals surface area contributed by atoms with Crippen LogP contribution in [0.15, 0.2) is 0 Å². The Morgan fingerprint density at radius 1 is 1.50 bits per heavy atom. The van der Waals surface area contributed by atoms with Gasteiger partial charge in [0, 0.05) is 32.2 Å². The second-order valence-corrected chi connectivity index (χ2v) is 5.17. The van der Waals surface area contributed by atoms with Gasteiger partial charge < -0.3 is 10.6 Å². The van der Waals surface area contributed by atoms with E-state index in [-0.39, 0.29) is 11.9 Å². The van der Waals surface area contributed by atoms with Crippen molar-refractivity contribution < 1.29 is 4.79 Å². The van der Waals surface area contributed by atoms with Gasteiger partial charge >= 0.3 is 0 Å². The first-order chi connectivity index (χ1) is 7.50. The fraction of sp³-hybridized carbons (Fsp3) is 0.917. The summed E-state index contributed by atoms with van der Waals surface area (Å²) in [7, 11) is 0. The van der Waals surface area contributed by atoms with Crippen molar-refractivity contribution in [3.63, 3.8) is 0 Å². The van der Waals surface area contributed by atoms with E-state index < -0.39 is 0 Å². The van der Waals surface area contributed by atoms with E-state index in [1.165, 1.54) is 0 Å². The molecular weight excluding hydrogens is 202 g/mol. The quantitative estimate of drug-likeness (QED) is 0.732. The molecule has 1 aliphatic rings. The SMILES string of the molecule is CC(C)CNC(=O)C(C)N1CCN[C@@H](C)C1. The van der Waals surface area contributed by atoms with Gasteiger partial charge in [0.2, 0.25) is 5.91 Å². The van der Waals surface area contributed by atoms with Crippen molar-refractivity contribution >= 4 is 5.91 Å². The van der Waals surface area contributed by atoms with Crippen molar-refractivity contribution in [2.75, 3.05) is 26.2 Å². The molecule has 0 radical (unpaired) electrons. The summed E-state index contributed by atoms with van der Waals surface area (Å²) < 4.78 is 0. The summed E-state index contributed by atoms with van der Waals surface area (Å²) in [4.78, 5) is 14.1. The van der Waals surface area contributed by atoms with E-state index >= 15 is 0 Å². The fourth-order valence-corrected chi connectivity index (χ4v) is 1.93. The summed E-state index contributed by atoms with van der Waals surface area (Å²) in [5.74, 6) is 0.667. The average molecular weight is 227 g/mol. The maximum atomic E-state index is 11.9. The lowest BCUT2D eigenvalue weighted by Gasteiger charge is -2.35. The average Bonchev–Trinajstić information content (AvgIpc) is 2.24. The maximum absolute atomic E-state index is 11.9. The smallest absolute Gasteiger partial charge is 0.237 e. The molecule has 0 aromatic carbocycles. The van der Waals surface area contributed by atoms with Gasteiger partial charge in [-0.3, -0.25) is 9.69 Å². The van der Waals surface area contributed by atoms with Crippen LogP contribution in [-0.4, -0.2) is 49.1 Å². The van der Waals surface area contributed by atoms with Gasteiger partial charge in [-0.05, 0) is 19.8 Å². The summed E-state index contributed by atoms with van der Waals surface area (Å²) in [6.45, 7) is 12.0. The molecule has 0 aromatic rings. The topological polar surface area (TPSA) is 44.4 Å². The van der Waals surface area contributed by atoms with Crippen LogP contribution in [0.1, 0.15) is 27.7 Å². The molecule has 1 fully saturated rings. The van der Waals surface area contributed by atoms with Crippen LogP contribution in [-0.2, 0) is 4.79 Å². The third kappa shape index (κ3) is 4.10. The summed E-state index contributed by atoms with van der Waals surface area (Å²) in [5.41, 5.74) is 0. The zero-order valence-electron chi connectivity index (χ0n) is 10.9. The first kappa shape index (κ1) is 13.5. The number of amides is 1. The Morgan fingerprint density at radius 2 is 2.19 bits per heavy atom. The number of rotatable bonds is 4. The molecule has 1 amide bonds. The Labute approximate surface area is 98.8 Å². The second kappa shape index (κ2) is 6.21. The van der Waals surface area contributed by atoms with E-state index in [1.54, 1.807) is 0 Å². The van der Waals surface area contributed by atoms with E-state index in [9.17, 15) is 4.79 Å². The highest BCUT2D eigenvalue weighted by atomic mass is 16.2. The van der Waals surface area contributed by atoms with Crippen LogP contribution in [0.2, 0.25) is 0 Å². The summed E-state index contributed by atoms with van der Waals surface area (Å²) in [6, 6.07) is 0.470. The van der Waals surface area contributed by atoms with Crippen LogP contribution in [0, 0.1) is 5.92 Å². The van der Waals surface area contributed by atoms with Crippen molar-refractivity contribution in [1.29, 1.82) is 0 Å². The Morgan fingerprint density at radius 3 is 2.75 bits per heavy atom. The van der Waals surface area contributed by atoms with Crippen molar-refractivity contribution in [3.8, 4) is 0 Å². The largest absolute Gasteiger partial charge is 0.354 e. The first-order valence-electron chi connectivity index (χ1n) is 6.26. The highest BCUT2D eigenvalue weighted by molar-refractivity contribution is 5.81. The third-order valence-electron chi connectivity index (χ3n) is 3.01. The lowest BCUT2D eigenvalue weighted by Crippen LogP contribution is -2.56. The highest BCUT2D eigenvalue weighted by Gasteiger charge is 2.24. The monoisotopic (exact) mass is 227 g/mol. The van der Waals surface area contributed by atoms with Crippen molar-refractivity contribution in [2.24, 2.45) is 5.92 Å². The summed E-state index contributed by atoms with van der Waals surface area (Å²) in [6.07, 6.45) is 0. The molecule has 16 heavy (non-hydrogen) atoms. The van der Waals surface area contributed by atoms with Crippen LogP contribution in [0.3, 0.4) is 0 Å². The van der Waals surface area contributed by atoms with E-state index in [4.69, 9.17) is 0 Å². The molecule has 2 N–H and O–H groups in total. The van der Waals surface area contributed by atoms with Gasteiger partial charge in [0.15, 0.2) is 0 Å². The van der Waals surface area contributed by atoms with Gasteiger partial charge in [-0.2, -0.15) is 0 Å². The molecule has 1 heterocycles. The van der Waals surface area contributed by atoms with Gasteiger partial charge in [0.25, 0.3) is 0 Å². The first-order valence-corrected chi connectivity index (χ1v) is 6.26. The third-order valence-corrected chi connectivity index (χ3v) is 3.01. The van der Waals surface area contributed by atoms with Crippen LogP contribution in [0.25, 0.3) is 0 Å². The van der Waals surface area contributed by atoms with Crippen LogP contribution in [0.5, 0.6) is 0 Å². The van der Waals surface area contributed by atoms with E-state index in [0.29, 0.717) is 12.0 Å². The minimum absolute atomic E-state index is 0.0108. The molecular formula is C12H25N3O. The van der Waals surface area contributed by atoms with Gasteiger partial charge in [-0.25, -0.2) is 0 Å². The van der Waals surface area contributed by atoms with E-state index in [2.05, 4.69) is 36.3 Å². The predicted molar refractivity (Wildman–Crippen MR) is 66.3 cm³/mol. The molecule has 1 aliphatic heterocycles. The van der Waals surface area contributed by atoms with E-state index in [1.807, 2.05) is 6.92 Å².